The Morgan fingerprint density at radius 2 is 2.06 bits per heavy atom. The Bertz CT molecular complexity index is 996. The van der Waals surface area contributed by atoms with Crippen molar-refractivity contribution in [3.8, 4) is 0 Å². The largest absolute Gasteiger partial charge is 0.339 e. The van der Waals surface area contributed by atoms with Gasteiger partial charge in [-0.2, -0.15) is 0 Å². The number of likely N-dealkylation sites (tertiary alicyclic amines) is 1. The summed E-state index contributed by atoms with van der Waals surface area (Å²) < 4.78 is 0. The molecule has 1 N–H and O–H groups in total. The first-order valence-corrected chi connectivity index (χ1v) is 13.0. The number of aromatic nitrogens is 1. The number of nitrogens with one attached hydrogen (secondary N) is 1. The number of piperidine rings is 1. The predicted octanol–water partition coefficient (Wildman–Crippen LogP) is 5.35. The van der Waals surface area contributed by atoms with Crippen LogP contribution in [0.5, 0.6) is 0 Å². The molecule has 3 aliphatic rings. The van der Waals surface area contributed by atoms with E-state index in [0.717, 1.165) is 70.3 Å². The third-order valence-electron chi connectivity index (χ3n) is 8.67. The van der Waals surface area contributed by atoms with Crippen LogP contribution in [0.4, 0.5) is 0 Å². The molecular formula is C28H36ClN3O. The van der Waals surface area contributed by atoms with E-state index in [2.05, 4.69) is 60.5 Å². The molecular weight excluding hydrogens is 430 g/mol. The second-order valence-electron chi connectivity index (χ2n) is 10.9. The van der Waals surface area contributed by atoms with Gasteiger partial charge in [0.1, 0.15) is 5.15 Å². The topological polar surface area (TPSA) is 45.2 Å². The molecule has 4 atom stereocenters. The highest BCUT2D eigenvalue weighted by Crippen LogP contribution is 2.55. The van der Waals surface area contributed by atoms with E-state index in [-0.39, 0.29) is 11.0 Å². The highest BCUT2D eigenvalue weighted by Gasteiger charge is 2.59. The zero-order valence-electron chi connectivity index (χ0n) is 19.9. The van der Waals surface area contributed by atoms with Crippen molar-refractivity contribution in [1.29, 1.82) is 0 Å². The molecule has 0 radical (unpaired) electrons. The van der Waals surface area contributed by atoms with Crippen molar-refractivity contribution < 1.29 is 4.79 Å². The number of pyridine rings is 1. The summed E-state index contributed by atoms with van der Waals surface area (Å²) in [6.07, 6.45) is 7.50. The number of hydrogen-bond donors (Lipinski definition) is 1. The number of carbonyl (C=O) groups is 1. The highest BCUT2D eigenvalue weighted by molar-refractivity contribution is 6.29. The third-order valence-corrected chi connectivity index (χ3v) is 8.88. The first-order chi connectivity index (χ1) is 16.0. The summed E-state index contributed by atoms with van der Waals surface area (Å²) in [5.74, 6) is 1.34. The van der Waals surface area contributed by atoms with Crippen LogP contribution in [0, 0.1) is 11.8 Å². The van der Waals surface area contributed by atoms with E-state index in [9.17, 15) is 4.79 Å². The quantitative estimate of drug-likeness (QED) is 0.478. The minimum Gasteiger partial charge on any atom is -0.339 e. The summed E-state index contributed by atoms with van der Waals surface area (Å²) in [4.78, 5) is 19.5. The van der Waals surface area contributed by atoms with Gasteiger partial charge in [0.25, 0.3) is 0 Å². The van der Waals surface area contributed by atoms with E-state index in [4.69, 9.17) is 16.6 Å². The molecule has 3 unspecified atom stereocenters. The van der Waals surface area contributed by atoms with Gasteiger partial charge in [0, 0.05) is 42.2 Å². The van der Waals surface area contributed by atoms with Gasteiger partial charge in [-0.3, -0.25) is 4.79 Å². The van der Waals surface area contributed by atoms with Crippen molar-refractivity contribution in [2.75, 3.05) is 19.6 Å². The van der Waals surface area contributed by atoms with Crippen LogP contribution in [0.15, 0.2) is 42.5 Å². The second kappa shape index (κ2) is 9.03. The van der Waals surface area contributed by atoms with Crippen LogP contribution < -0.4 is 5.32 Å². The molecule has 33 heavy (non-hydrogen) atoms. The van der Waals surface area contributed by atoms with E-state index >= 15 is 0 Å². The zero-order chi connectivity index (χ0) is 23.1. The molecule has 0 bridgehead atoms. The predicted molar refractivity (Wildman–Crippen MR) is 134 cm³/mol. The molecule has 1 spiro atoms. The van der Waals surface area contributed by atoms with Crippen LogP contribution in [0.1, 0.15) is 68.7 Å². The van der Waals surface area contributed by atoms with Gasteiger partial charge in [-0.05, 0) is 67.6 Å². The summed E-state index contributed by atoms with van der Waals surface area (Å²) in [7, 11) is 0. The van der Waals surface area contributed by atoms with E-state index in [1.165, 1.54) is 11.1 Å². The maximum absolute atomic E-state index is 12.6. The summed E-state index contributed by atoms with van der Waals surface area (Å²) >= 11 is 6.30. The molecule has 2 aromatic rings. The summed E-state index contributed by atoms with van der Waals surface area (Å²) in [5, 5.41) is 4.36. The molecule has 2 saturated heterocycles. The fraction of sp³-hybridized carbons (Fsp3) is 0.571. The Hall–Kier alpha value is -1.91. The molecule has 2 aliphatic heterocycles. The van der Waals surface area contributed by atoms with Crippen molar-refractivity contribution >= 4 is 18.0 Å². The molecule has 1 aromatic heterocycles. The standard InChI is InChI=1S/C28H36ClN3O/c1-20(2)15-28(16-22(12-14-32(28)19-33)21-7-4-3-5-8-21)25-17-30-18-27(25)13-6-9-24-23(27)10-11-26(29)31-24/h3-5,7-8,10-11,19-20,22,25,30H,6,9,12-18H2,1-2H3/t22?,25-,27?,28?/m1/s1. The average molecular weight is 466 g/mol. The van der Waals surface area contributed by atoms with Gasteiger partial charge >= 0.3 is 0 Å². The highest BCUT2D eigenvalue weighted by atomic mass is 35.5. The SMILES string of the molecule is CC(C)CC1([C@@H]2CNCC23CCCc2nc(Cl)ccc23)CC(c2ccccc2)CCN1C=O. The fourth-order valence-electron chi connectivity index (χ4n) is 7.56. The number of rotatable bonds is 5. The van der Waals surface area contributed by atoms with Crippen molar-refractivity contribution in [2.24, 2.45) is 11.8 Å². The minimum atomic E-state index is -0.174. The number of amides is 1. The number of fused-ring (bicyclic) bond motifs is 2. The van der Waals surface area contributed by atoms with Crippen molar-refractivity contribution in [1.82, 2.24) is 15.2 Å². The van der Waals surface area contributed by atoms with Gasteiger partial charge in [-0.15, -0.1) is 0 Å². The number of halogens is 1. The van der Waals surface area contributed by atoms with Crippen LogP contribution in [-0.2, 0) is 16.6 Å². The second-order valence-corrected chi connectivity index (χ2v) is 11.3. The van der Waals surface area contributed by atoms with Crippen LogP contribution in [-0.4, -0.2) is 41.5 Å². The third kappa shape index (κ3) is 3.89. The number of hydrogen-bond acceptors (Lipinski definition) is 3. The fourth-order valence-corrected chi connectivity index (χ4v) is 7.72. The van der Waals surface area contributed by atoms with Gasteiger partial charge in [0.2, 0.25) is 6.41 Å². The number of carbonyl (C=O) groups excluding carboxylic acids is 1. The molecule has 4 nitrogen and oxygen atoms in total. The Kier molecular flexibility index (Phi) is 6.26. The Labute approximate surface area is 203 Å². The van der Waals surface area contributed by atoms with E-state index < -0.39 is 0 Å². The van der Waals surface area contributed by atoms with Crippen LogP contribution >= 0.6 is 11.6 Å². The zero-order valence-corrected chi connectivity index (χ0v) is 20.7. The van der Waals surface area contributed by atoms with Crippen LogP contribution in [0.3, 0.4) is 0 Å². The molecule has 1 aromatic carbocycles. The van der Waals surface area contributed by atoms with E-state index in [0.29, 0.717) is 22.9 Å². The smallest absolute Gasteiger partial charge is 0.210 e. The van der Waals surface area contributed by atoms with Crippen LogP contribution in [0.2, 0.25) is 5.15 Å². The Morgan fingerprint density at radius 3 is 2.82 bits per heavy atom. The summed E-state index contributed by atoms with van der Waals surface area (Å²) in [5.41, 5.74) is 3.76. The maximum Gasteiger partial charge on any atom is 0.210 e. The first kappa shape index (κ1) is 22.9. The molecule has 1 aliphatic carbocycles. The van der Waals surface area contributed by atoms with E-state index in [1.807, 2.05) is 6.07 Å². The monoisotopic (exact) mass is 465 g/mol. The van der Waals surface area contributed by atoms with E-state index in [1.54, 1.807) is 0 Å². The number of aryl methyl sites for hydroxylation is 1. The average Bonchev–Trinajstić information content (AvgIpc) is 3.23. The maximum atomic E-state index is 12.6. The van der Waals surface area contributed by atoms with Gasteiger partial charge in [-0.1, -0.05) is 61.8 Å². The van der Waals surface area contributed by atoms with Crippen LogP contribution in [0.25, 0.3) is 0 Å². The summed E-state index contributed by atoms with van der Waals surface area (Å²) in [6.45, 7) is 7.34. The normalized spacial score (nSPS) is 31.7. The lowest BCUT2D eigenvalue weighted by Crippen LogP contribution is -2.63. The lowest BCUT2D eigenvalue weighted by atomic mass is 9.55. The molecule has 0 saturated carbocycles. The summed E-state index contributed by atoms with van der Waals surface area (Å²) in [6, 6.07) is 15.1. The lowest BCUT2D eigenvalue weighted by molar-refractivity contribution is -0.133. The van der Waals surface area contributed by atoms with Gasteiger partial charge in [0.15, 0.2) is 0 Å². The van der Waals surface area contributed by atoms with Gasteiger partial charge in [-0.25, -0.2) is 4.98 Å². The number of benzene rings is 1. The molecule has 1 amide bonds. The molecule has 176 valence electrons. The molecule has 5 rings (SSSR count). The van der Waals surface area contributed by atoms with Crippen molar-refractivity contribution in [2.45, 2.75) is 69.2 Å². The Morgan fingerprint density at radius 1 is 1.24 bits per heavy atom. The van der Waals surface area contributed by atoms with Crippen molar-refractivity contribution in [3.63, 3.8) is 0 Å². The number of nitrogens with zero attached hydrogens (tertiary/aromatic N) is 2. The molecule has 3 heterocycles. The molecule has 5 heteroatoms. The first-order valence-electron chi connectivity index (χ1n) is 12.6. The lowest BCUT2D eigenvalue weighted by Gasteiger charge is -2.57. The van der Waals surface area contributed by atoms with Gasteiger partial charge < -0.3 is 10.2 Å². The Balaban J connectivity index is 1.63. The molecule has 2 fully saturated rings. The minimum absolute atomic E-state index is 0.0000991. The van der Waals surface area contributed by atoms with Crippen molar-refractivity contribution in [3.05, 3.63) is 64.4 Å². The van der Waals surface area contributed by atoms with Gasteiger partial charge in [0.05, 0.1) is 0 Å².